The summed E-state index contributed by atoms with van der Waals surface area (Å²) >= 11 is 0. The topological polar surface area (TPSA) is 62.2 Å². The zero-order valence-corrected chi connectivity index (χ0v) is 8.06. The highest BCUT2D eigenvalue weighted by molar-refractivity contribution is 4.92. The lowest BCUT2D eigenvalue weighted by Gasteiger charge is -2.50. The molecule has 0 saturated carbocycles. The first-order chi connectivity index (χ1) is 6.21. The van der Waals surface area contributed by atoms with Crippen LogP contribution in [0.25, 0.3) is 0 Å². The first kappa shape index (κ1) is 10.9. The SMILES string of the molecule is COC1(OC)CN(C(CO)CO)C1. The van der Waals surface area contributed by atoms with Crippen molar-refractivity contribution in [1.29, 1.82) is 0 Å². The van der Waals surface area contributed by atoms with Crippen LogP contribution in [0.15, 0.2) is 0 Å². The van der Waals surface area contributed by atoms with Crippen LogP contribution in [0.1, 0.15) is 0 Å². The summed E-state index contributed by atoms with van der Waals surface area (Å²) in [6, 6.07) is -0.196. The van der Waals surface area contributed by atoms with Crippen LogP contribution in [0.2, 0.25) is 0 Å². The molecule has 0 aromatic heterocycles. The van der Waals surface area contributed by atoms with Crippen LogP contribution in [0.3, 0.4) is 0 Å². The Hall–Kier alpha value is -0.200. The van der Waals surface area contributed by atoms with Gasteiger partial charge >= 0.3 is 0 Å². The molecule has 0 bridgehead atoms. The largest absolute Gasteiger partial charge is 0.395 e. The van der Waals surface area contributed by atoms with Gasteiger partial charge in [0.15, 0.2) is 5.79 Å². The van der Waals surface area contributed by atoms with Gasteiger partial charge in [0.1, 0.15) is 0 Å². The number of rotatable bonds is 5. The molecule has 2 N–H and O–H groups in total. The third-order valence-corrected chi connectivity index (χ3v) is 2.57. The molecule has 1 aliphatic rings. The number of aliphatic hydroxyl groups excluding tert-OH is 2. The summed E-state index contributed by atoms with van der Waals surface area (Å²) in [6.45, 7) is 1.09. The van der Waals surface area contributed by atoms with Crippen LogP contribution >= 0.6 is 0 Å². The van der Waals surface area contributed by atoms with Crippen molar-refractivity contribution in [1.82, 2.24) is 4.90 Å². The number of nitrogens with zero attached hydrogens (tertiary/aromatic N) is 1. The zero-order valence-electron chi connectivity index (χ0n) is 8.06. The summed E-state index contributed by atoms with van der Waals surface area (Å²) in [5.74, 6) is -0.539. The van der Waals surface area contributed by atoms with Crippen LogP contribution in [0.5, 0.6) is 0 Å². The molecule has 13 heavy (non-hydrogen) atoms. The van der Waals surface area contributed by atoms with Gasteiger partial charge in [-0.15, -0.1) is 0 Å². The molecule has 0 amide bonds. The average Bonchev–Trinajstić information content (AvgIpc) is 2.11. The number of ether oxygens (including phenoxy) is 2. The molecular formula is C8H17NO4. The molecule has 0 atom stereocenters. The molecule has 0 spiro atoms. The zero-order chi connectivity index (χ0) is 9.90. The van der Waals surface area contributed by atoms with Crippen LogP contribution in [-0.2, 0) is 9.47 Å². The Labute approximate surface area is 77.9 Å². The van der Waals surface area contributed by atoms with E-state index in [-0.39, 0.29) is 19.3 Å². The fourth-order valence-electron chi connectivity index (χ4n) is 1.46. The molecule has 5 nitrogen and oxygen atoms in total. The third kappa shape index (κ3) is 2.00. The predicted molar refractivity (Wildman–Crippen MR) is 46.3 cm³/mol. The van der Waals surface area contributed by atoms with Crippen molar-refractivity contribution >= 4 is 0 Å². The Kier molecular flexibility index (Phi) is 3.63. The molecule has 1 saturated heterocycles. The van der Waals surface area contributed by atoms with Gasteiger partial charge in [0.25, 0.3) is 0 Å². The molecule has 0 radical (unpaired) electrons. The number of likely N-dealkylation sites (tertiary alicyclic amines) is 1. The van der Waals surface area contributed by atoms with E-state index in [4.69, 9.17) is 19.7 Å². The van der Waals surface area contributed by atoms with Crippen molar-refractivity contribution in [3.8, 4) is 0 Å². The van der Waals surface area contributed by atoms with Gasteiger partial charge in [-0.25, -0.2) is 0 Å². The molecule has 0 unspecified atom stereocenters. The lowest BCUT2D eigenvalue weighted by atomic mass is 10.0. The summed E-state index contributed by atoms with van der Waals surface area (Å²) in [4.78, 5) is 1.92. The van der Waals surface area contributed by atoms with E-state index in [0.717, 1.165) is 0 Å². The van der Waals surface area contributed by atoms with Crippen molar-refractivity contribution in [3.05, 3.63) is 0 Å². The molecular weight excluding hydrogens is 174 g/mol. The van der Waals surface area contributed by atoms with E-state index in [9.17, 15) is 0 Å². The van der Waals surface area contributed by atoms with Crippen LogP contribution in [-0.4, -0.2) is 67.5 Å². The monoisotopic (exact) mass is 191 g/mol. The Morgan fingerprint density at radius 2 is 1.69 bits per heavy atom. The van der Waals surface area contributed by atoms with E-state index in [1.54, 1.807) is 14.2 Å². The molecule has 1 fully saturated rings. The Morgan fingerprint density at radius 1 is 1.23 bits per heavy atom. The normalized spacial score (nSPS) is 21.9. The number of methoxy groups -OCH3 is 2. The quantitative estimate of drug-likeness (QED) is 0.526. The molecule has 1 rings (SSSR count). The van der Waals surface area contributed by atoms with E-state index >= 15 is 0 Å². The van der Waals surface area contributed by atoms with Crippen molar-refractivity contribution in [2.24, 2.45) is 0 Å². The molecule has 0 aliphatic carbocycles. The maximum atomic E-state index is 8.89. The van der Waals surface area contributed by atoms with Crippen LogP contribution in [0.4, 0.5) is 0 Å². The van der Waals surface area contributed by atoms with E-state index in [2.05, 4.69) is 0 Å². The highest BCUT2D eigenvalue weighted by Gasteiger charge is 2.46. The summed E-state index contributed by atoms with van der Waals surface area (Å²) in [5.41, 5.74) is 0. The minimum absolute atomic E-state index is 0.0417. The molecule has 5 heteroatoms. The van der Waals surface area contributed by atoms with Gasteiger partial charge in [-0.2, -0.15) is 0 Å². The minimum Gasteiger partial charge on any atom is -0.395 e. The Balaban J connectivity index is 2.38. The number of hydrogen-bond acceptors (Lipinski definition) is 5. The van der Waals surface area contributed by atoms with Gasteiger partial charge in [0, 0.05) is 14.2 Å². The second-order valence-electron chi connectivity index (χ2n) is 3.24. The second kappa shape index (κ2) is 4.34. The summed E-state index contributed by atoms with van der Waals surface area (Å²) in [6.07, 6.45) is 0. The first-order valence-corrected chi connectivity index (χ1v) is 4.27. The highest BCUT2D eigenvalue weighted by atomic mass is 16.7. The van der Waals surface area contributed by atoms with Gasteiger partial charge in [-0.1, -0.05) is 0 Å². The molecule has 78 valence electrons. The number of aliphatic hydroxyl groups is 2. The molecule has 0 aromatic carbocycles. The second-order valence-corrected chi connectivity index (χ2v) is 3.24. The van der Waals surface area contributed by atoms with E-state index in [0.29, 0.717) is 13.1 Å². The summed E-state index contributed by atoms with van der Waals surface area (Å²) in [7, 11) is 3.18. The van der Waals surface area contributed by atoms with Crippen molar-refractivity contribution in [2.75, 3.05) is 40.5 Å². The van der Waals surface area contributed by atoms with Gasteiger partial charge in [0.2, 0.25) is 0 Å². The highest BCUT2D eigenvalue weighted by Crippen LogP contribution is 2.26. The maximum absolute atomic E-state index is 8.89. The third-order valence-electron chi connectivity index (χ3n) is 2.57. The molecule has 0 aromatic rings. The smallest absolute Gasteiger partial charge is 0.193 e. The van der Waals surface area contributed by atoms with E-state index in [1.807, 2.05) is 4.90 Å². The minimum atomic E-state index is -0.539. The van der Waals surface area contributed by atoms with E-state index in [1.165, 1.54) is 0 Å². The maximum Gasteiger partial charge on any atom is 0.193 e. The summed E-state index contributed by atoms with van der Waals surface area (Å²) in [5, 5.41) is 17.8. The Bertz CT molecular complexity index is 148. The lowest BCUT2D eigenvalue weighted by Crippen LogP contribution is -2.67. The van der Waals surface area contributed by atoms with Crippen molar-refractivity contribution < 1.29 is 19.7 Å². The fraction of sp³-hybridized carbons (Fsp3) is 1.00. The van der Waals surface area contributed by atoms with Gasteiger partial charge in [-0.05, 0) is 0 Å². The molecule has 1 heterocycles. The standard InChI is InChI=1S/C8H17NO4/c1-12-8(13-2)5-9(6-8)7(3-10)4-11/h7,10-11H,3-6H2,1-2H3. The van der Waals surface area contributed by atoms with Gasteiger partial charge in [0.05, 0.1) is 32.3 Å². The van der Waals surface area contributed by atoms with Crippen molar-refractivity contribution in [3.63, 3.8) is 0 Å². The van der Waals surface area contributed by atoms with Crippen LogP contribution < -0.4 is 0 Å². The molecule has 1 aliphatic heterocycles. The Morgan fingerprint density at radius 3 is 2.00 bits per heavy atom. The predicted octanol–water partition coefficient (Wildman–Crippen LogP) is -1.36. The van der Waals surface area contributed by atoms with Gasteiger partial charge < -0.3 is 19.7 Å². The van der Waals surface area contributed by atoms with Gasteiger partial charge in [-0.3, -0.25) is 4.90 Å². The summed E-state index contributed by atoms with van der Waals surface area (Å²) < 4.78 is 10.3. The van der Waals surface area contributed by atoms with E-state index < -0.39 is 5.79 Å². The number of hydrogen-bond donors (Lipinski definition) is 2. The average molecular weight is 191 g/mol. The van der Waals surface area contributed by atoms with Crippen LogP contribution in [0, 0.1) is 0 Å². The first-order valence-electron chi connectivity index (χ1n) is 4.27. The van der Waals surface area contributed by atoms with Crippen molar-refractivity contribution in [2.45, 2.75) is 11.8 Å². The lowest BCUT2D eigenvalue weighted by molar-refractivity contribution is -0.284. The fourth-order valence-corrected chi connectivity index (χ4v) is 1.46.